The quantitative estimate of drug-likeness (QED) is 0.130. The molecule has 6 rings (SSSR count). The van der Waals surface area contributed by atoms with Crippen molar-refractivity contribution in [1.82, 2.24) is 14.9 Å². The molecule has 2 atom stereocenters. The van der Waals surface area contributed by atoms with Crippen LogP contribution in [-0.4, -0.2) is 82.3 Å². The van der Waals surface area contributed by atoms with Gasteiger partial charge in [-0.1, -0.05) is 34.1 Å². The Morgan fingerprint density at radius 3 is 2.29 bits per heavy atom. The van der Waals surface area contributed by atoms with Gasteiger partial charge in [0.1, 0.15) is 30.3 Å². The number of nitrogens with zero attached hydrogens (tertiary/aromatic N) is 3. The zero-order valence-corrected chi connectivity index (χ0v) is 31.2. The monoisotopic (exact) mass is 759 g/mol. The van der Waals surface area contributed by atoms with Crippen molar-refractivity contribution in [3.8, 4) is 40.6 Å². The smallest absolute Gasteiger partial charge is 0.217 e. The Morgan fingerprint density at radius 1 is 0.824 bits per heavy atom. The number of para-hydroxylation sites is 1. The van der Waals surface area contributed by atoms with Gasteiger partial charge in [-0.3, -0.25) is 0 Å². The fourth-order valence-corrected chi connectivity index (χ4v) is 7.01. The largest absolute Gasteiger partial charge is 0.497 e. The molecular weight excluding hydrogens is 718 g/mol. The minimum Gasteiger partial charge on any atom is -0.497 e. The number of halogens is 1. The molecule has 0 saturated heterocycles. The SMILES string of the molecule is COc1ccc(CN(C)CCC(O)(c2cc(OC)nc(OC)c2)C(c2cc3cc(Br)ccc3nc2OC)c2cccc3c2OCCO3)c(OC)c1. The number of hydrogen-bond donors (Lipinski definition) is 1. The molecular formula is C39H42BrN3O8. The van der Waals surface area contributed by atoms with E-state index in [0.29, 0.717) is 83.6 Å². The summed E-state index contributed by atoms with van der Waals surface area (Å²) in [6.45, 7) is 1.77. The summed E-state index contributed by atoms with van der Waals surface area (Å²) in [4.78, 5) is 11.5. The van der Waals surface area contributed by atoms with Gasteiger partial charge in [0.05, 0.1) is 47.0 Å². The summed E-state index contributed by atoms with van der Waals surface area (Å²) >= 11 is 3.62. The molecule has 0 aliphatic carbocycles. The van der Waals surface area contributed by atoms with Crippen molar-refractivity contribution >= 4 is 26.8 Å². The maximum atomic E-state index is 13.6. The number of pyridine rings is 2. The second-order valence-corrected chi connectivity index (χ2v) is 13.2. The summed E-state index contributed by atoms with van der Waals surface area (Å²) in [6, 6.07) is 22.8. The predicted octanol–water partition coefficient (Wildman–Crippen LogP) is 6.75. The first-order valence-electron chi connectivity index (χ1n) is 16.5. The maximum Gasteiger partial charge on any atom is 0.217 e. The van der Waals surface area contributed by atoms with Crippen LogP contribution in [-0.2, 0) is 12.1 Å². The summed E-state index contributed by atoms with van der Waals surface area (Å²) in [5, 5.41) is 14.5. The molecule has 0 spiro atoms. The molecule has 12 heteroatoms. The molecule has 0 amide bonds. The Morgan fingerprint density at radius 2 is 1.59 bits per heavy atom. The van der Waals surface area contributed by atoms with Crippen molar-refractivity contribution < 1.29 is 38.3 Å². The number of rotatable bonds is 14. The Balaban J connectivity index is 1.55. The summed E-state index contributed by atoms with van der Waals surface area (Å²) < 4.78 is 41.6. The molecule has 1 aliphatic heterocycles. The Hall–Kier alpha value is -4.78. The highest BCUT2D eigenvalue weighted by atomic mass is 79.9. The van der Waals surface area contributed by atoms with Crippen LogP contribution in [0.15, 0.2) is 77.3 Å². The van der Waals surface area contributed by atoms with E-state index in [1.54, 1.807) is 33.5 Å². The first kappa shape index (κ1) is 36.0. The lowest BCUT2D eigenvalue weighted by Gasteiger charge is -2.40. The first-order chi connectivity index (χ1) is 24.7. The van der Waals surface area contributed by atoms with Crippen LogP contribution in [0, 0.1) is 0 Å². The fourth-order valence-electron chi connectivity index (χ4n) is 6.63. The van der Waals surface area contributed by atoms with E-state index in [1.807, 2.05) is 67.7 Å². The van der Waals surface area contributed by atoms with Crippen molar-refractivity contribution in [2.75, 3.05) is 62.4 Å². The molecule has 1 aliphatic rings. The molecule has 2 aromatic heterocycles. The van der Waals surface area contributed by atoms with E-state index in [9.17, 15) is 5.11 Å². The number of aromatic nitrogens is 2. The molecule has 0 bridgehead atoms. The molecule has 0 fully saturated rings. The van der Waals surface area contributed by atoms with Crippen LogP contribution in [0.4, 0.5) is 0 Å². The van der Waals surface area contributed by atoms with Crippen LogP contribution in [0.1, 0.15) is 34.6 Å². The van der Waals surface area contributed by atoms with Crippen molar-refractivity contribution in [3.05, 3.63) is 99.5 Å². The van der Waals surface area contributed by atoms with Gasteiger partial charge in [-0.05, 0) is 55.4 Å². The molecule has 1 N–H and O–H groups in total. The molecule has 0 saturated carbocycles. The molecule has 51 heavy (non-hydrogen) atoms. The van der Waals surface area contributed by atoms with Crippen molar-refractivity contribution in [1.29, 1.82) is 0 Å². The van der Waals surface area contributed by atoms with Crippen LogP contribution in [0.2, 0.25) is 0 Å². The highest BCUT2D eigenvalue weighted by Crippen LogP contribution is 2.52. The van der Waals surface area contributed by atoms with E-state index < -0.39 is 11.5 Å². The molecule has 11 nitrogen and oxygen atoms in total. The standard InChI is InChI=1S/C39H42BrN3O8/c1-43(23-24-10-12-28(45-2)22-33(24)46-3)15-14-39(44,26-20-34(47-4)42-35(21-26)48-5)36(29-8-7-9-32-37(29)51-17-16-50-32)30-19-25-18-27(40)11-13-31(25)41-38(30)49-6/h7-13,18-22,36,44H,14-17,23H2,1-6H3. The summed E-state index contributed by atoms with van der Waals surface area (Å²) in [6.07, 6.45) is 0.243. The van der Waals surface area contributed by atoms with Crippen LogP contribution in [0.5, 0.6) is 40.6 Å². The van der Waals surface area contributed by atoms with E-state index >= 15 is 0 Å². The second-order valence-electron chi connectivity index (χ2n) is 12.3. The van der Waals surface area contributed by atoms with Gasteiger partial charge >= 0.3 is 0 Å². The van der Waals surface area contributed by atoms with Crippen LogP contribution in [0.25, 0.3) is 10.9 Å². The van der Waals surface area contributed by atoms with Gasteiger partial charge in [0.15, 0.2) is 11.5 Å². The van der Waals surface area contributed by atoms with Gasteiger partial charge in [0.2, 0.25) is 17.6 Å². The molecule has 3 heterocycles. The first-order valence-corrected chi connectivity index (χ1v) is 17.3. The van der Waals surface area contributed by atoms with E-state index in [-0.39, 0.29) is 6.42 Å². The zero-order valence-electron chi connectivity index (χ0n) is 29.6. The van der Waals surface area contributed by atoms with Crippen molar-refractivity contribution in [3.63, 3.8) is 0 Å². The molecule has 5 aromatic rings. The Labute approximate surface area is 306 Å². The fraction of sp³-hybridized carbons (Fsp3) is 0.333. The molecule has 2 unspecified atom stereocenters. The van der Waals surface area contributed by atoms with Crippen LogP contribution < -0.4 is 33.2 Å². The number of ether oxygens (including phenoxy) is 7. The number of methoxy groups -OCH3 is 5. The lowest BCUT2D eigenvalue weighted by Crippen LogP contribution is -2.39. The average molecular weight is 761 g/mol. The maximum absolute atomic E-state index is 13.6. The lowest BCUT2D eigenvalue weighted by molar-refractivity contribution is 0.0000575. The topological polar surface area (TPSA) is 114 Å². The van der Waals surface area contributed by atoms with E-state index in [4.69, 9.17) is 38.1 Å². The van der Waals surface area contributed by atoms with Crippen LogP contribution >= 0.6 is 15.9 Å². The third kappa shape index (κ3) is 7.49. The summed E-state index contributed by atoms with van der Waals surface area (Å²) in [5.41, 5.74) is 1.96. The Kier molecular flexibility index (Phi) is 11.0. The minimum absolute atomic E-state index is 0.243. The van der Waals surface area contributed by atoms with Gasteiger partial charge < -0.3 is 43.2 Å². The van der Waals surface area contributed by atoms with E-state index in [0.717, 1.165) is 20.9 Å². The van der Waals surface area contributed by atoms with Crippen LogP contribution in [0.3, 0.4) is 0 Å². The molecule has 268 valence electrons. The third-order valence-corrected chi connectivity index (χ3v) is 9.66. The van der Waals surface area contributed by atoms with Gasteiger partial charge in [-0.15, -0.1) is 0 Å². The van der Waals surface area contributed by atoms with Gasteiger partial charge in [-0.2, -0.15) is 4.98 Å². The van der Waals surface area contributed by atoms with Crippen molar-refractivity contribution in [2.24, 2.45) is 0 Å². The zero-order chi connectivity index (χ0) is 36.1. The highest BCUT2D eigenvalue weighted by molar-refractivity contribution is 9.10. The molecule has 3 aromatic carbocycles. The predicted molar refractivity (Wildman–Crippen MR) is 197 cm³/mol. The second kappa shape index (κ2) is 15.6. The molecule has 0 radical (unpaired) electrons. The average Bonchev–Trinajstić information content (AvgIpc) is 3.16. The van der Waals surface area contributed by atoms with E-state index in [2.05, 4.69) is 25.8 Å². The van der Waals surface area contributed by atoms with Crippen molar-refractivity contribution in [2.45, 2.75) is 24.5 Å². The third-order valence-electron chi connectivity index (χ3n) is 9.16. The highest BCUT2D eigenvalue weighted by Gasteiger charge is 2.45. The minimum atomic E-state index is -1.65. The number of aliphatic hydroxyl groups is 1. The number of benzene rings is 3. The van der Waals surface area contributed by atoms with Gasteiger partial charge in [-0.25, -0.2) is 4.98 Å². The van der Waals surface area contributed by atoms with E-state index in [1.165, 1.54) is 14.2 Å². The number of fused-ring (bicyclic) bond motifs is 2. The lowest BCUT2D eigenvalue weighted by atomic mass is 9.71. The summed E-state index contributed by atoms with van der Waals surface area (Å²) in [5.74, 6) is 2.72. The summed E-state index contributed by atoms with van der Waals surface area (Å²) in [7, 11) is 9.92. The number of hydrogen-bond acceptors (Lipinski definition) is 11. The van der Waals surface area contributed by atoms with Gasteiger partial charge in [0, 0.05) is 57.8 Å². The van der Waals surface area contributed by atoms with Gasteiger partial charge in [0.25, 0.3) is 0 Å². The Bertz CT molecular complexity index is 1990. The normalized spacial score (nSPS) is 14.1.